The molecule has 2 heterocycles. The normalized spacial score (nSPS) is 32.7. The van der Waals surface area contributed by atoms with Crippen molar-refractivity contribution < 1.29 is 19.4 Å². The summed E-state index contributed by atoms with van der Waals surface area (Å²) in [7, 11) is 0. The van der Waals surface area contributed by atoms with Gasteiger partial charge in [-0.05, 0) is 11.8 Å². The molecule has 6 nitrogen and oxygen atoms in total. The summed E-state index contributed by atoms with van der Waals surface area (Å²) in [6, 6.07) is -0.0549. The first-order chi connectivity index (χ1) is 8.49. The molecule has 2 saturated heterocycles. The molecule has 18 heavy (non-hydrogen) atoms. The minimum Gasteiger partial charge on any atom is -0.479 e. The molecule has 0 saturated carbocycles. The standard InChI is InChI=1S/C12H20N2O4/c1-8-5-14(6-9(8)2)12(17)13-3-4-18-10(7-13)11(15)16/h8-10H,3-7H2,1-2H3,(H,15,16). The molecule has 0 aromatic rings. The lowest BCUT2D eigenvalue weighted by molar-refractivity contribution is -0.154. The molecule has 2 rings (SSSR count). The van der Waals surface area contributed by atoms with Crippen molar-refractivity contribution in [1.29, 1.82) is 0 Å². The zero-order chi connectivity index (χ0) is 13.3. The first-order valence-corrected chi connectivity index (χ1v) is 6.37. The molecule has 3 unspecified atom stereocenters. The SMILES string of the molecule is CC1CN(C(=O)N2CCOC(C(=O)O)C2)CC1C. The fourth-order valence-electron chi connectivity index (χ4n) is 2.46. The van der Waals surface area contributed by atoms with Crippen LogP contribution in [0.3, 0.4) is 0 Å². The predicted octanol–water partition coefficient (Wildman–Crippen LogP) is 0.480. The number of carboxylic acid groups (broad SMARTS) is 1. The first kappa shape index (κ1) is 13.1. The van der Waals surface area contributed by atoms with Crippen molar-refractivity contribution in [2.24, 2.45) is 11.8 Å². The van der Waals surface area contributed by atoms with E-state index >= 15 is 0 Å². The van der Waals surface area contributed by atoms with Crippen LogP contribution < -0.4 is 0 Å². The van der Waals surface area contributed by atoms with Crippen molar-refractivity contribution in [3.05, 3.63) is 0 Å². The van der Waals surface area contributed by atoms with Crippen molar-refractivity contribution in [2.45, 2.75) is 20.0 Å². The van der Waals surface area contributed by atoms with Gasteiger partial charge in [0.25, 0.3) is 0 Å². The monoisotopic (exact) mass is 256 g/mol. The van der Waals surface area contributed by atoms with Crippen LogP contribution in [0, 0.1) is 11.8 Å². The fourth-order valence-corrected chi connectivity index (χ4v) is 2.46. The molecule has 1 N–H and O–H groups in total. The summed E-state index contributed by atoms with van der Waals surface area (Å²) in [5.41, 5.74) is 0. The number of likely N-dealkylation sites (tertiary alicyclic amines) is 1. The molecule has 0 bridgehead atoms. The van der Waals surface area contributed by atoms with Gasteiger partial charge in [0.15, 0.2) is 6.10 Å². The number of morpholine rings is 1. The van der Waals surface area contributed by atoms with Crippen LogP contribution >= 0.6 is 0 Å². The lowest BCUT2D eigenvalue weighted by atomic mass is 10.0. The van der Waals surface area contributed by atoms with Gasteiger partial charge in [0.2, 0.25) is 0 Å². The number of carboxylic acids is 1. The third-order valence-electron chi connectivity index (χ3n) is 3.87. The summed E-state index contributed by atoms with van der Waals surface area (Å²) in [5, 5.41) is 8.91. The molecular weight excluding hydrogens is 236 g/mol. The Bertz CT molecular complexity index is 337. The Morgan fingerprint density at radius 2 is 1.72 bits per heavy atom. The summed E-state index contributed by atoms with van der Waals surface area (Å²) in [5.74, 6) is 0.00572. The third kappa shape index (κ3) is 2.58. The van der Waals surface area contributed by atoms with Gasteiger partial charge in [0.1, 0.15) is 0 Å². The first-order valence-electron chi connectivity index (χ1n) is 6.37. The topological polar surface area (TPSA) is 70.1 Å². The summed E-state index contributed by atoms with van der Waals surface area (Å²) in [6.45, 7) is 6.70. The number of amides is 2. The molecule has 6 heteroatoms. The second-order valence-corrected chi connectivity index (χ2v) is 5.29. The van der Waals surface area contributed by atoms with Crippen molar-refractivity contribution in [1.82, 2.24) is 9.80 Å². The van der Waals surface area contributed by atoms with Gasteiger partial charge in [-0.1, -0.05) is 13.8 Å². The minimum absolute atomic E-state index is 0.0549. The number of hydrogen-bond acceptors (Lipinski definition) is 3. The van der Waals surface area contributed by atoms with Gasteiger partial charge < -0.3 is 19.6 Å². The zero-order valence-corrected chi connectivity index (χ0v) is 10.8. The number of hydrogen-bond donors (Lipinski definition) is 1. The van der Waals surface area contributed by atoms with Crippen LogP contribution in [0.2, 0.25) is 0 Å². The van der Waals surface area contributed by atoms with Crippen molar-refractivity contribution >= 4 is 12.0 Å². The third-order valence-corrected chi connectivity index (χ3v) is 3.87. The molecule has 0 radical (unpaired) electrons. The molecule has 2 aliphatic rings. The maximum absolute atomic E-state index is 12.3. The maximum atomic E-state index is 12.3. The Labute approximate surface area is 106 Å². The Kier molecular flexibility index (Phi) is 3.75. The minimum atomic E-state index is -1.00. The van der Waals surface area contributed by atoms with Gasteiger partial charge in [-0.2, -0.15) is 0 Å². The van der Waals surface area contributed by atoms with E-state index in [1.54, 1.807) is 4.90 Å². The van der Waals surface area contributed by atoms with Gasteiger partial charge in [0.05, 0.1) is 13.2 Å². The lowest BCUT2D eigenvalue weighted by Gasteiger charge is -2.33. The predicted molar refractivity (Wildman–Crippen MR) is 64.2 cm³/mol. The highest BCUT2D eigenvalue weighted by molar-refractivity contribution is 5.77. The van der Waals surface area contributed by atoms with Crippen molar-refractivity contribution in [2.75, 3.05) is 32.8 Å². The maximum Gasteiger partial charge on any atom is 0.334 e. The number of rotatable bonds is 1. The molecule has 0 aromatic carbocycles. The van der Waals surface area contributed by atoms with Gasteiger partial charge in [-0.3, -0.25) is 0 Å². The Balaban J connectivity index is 1.95. The van der Waals surface area contributed by atoms with E-state index in [0.717, 1.165) is 13.1 Å². The molecule has 0 aliphatic carbocycles. The van der Waals surface area contributed by atoms with Crippen LogP contribution in [-0.2, 0) is 9.53 Å². The molecule has 0 spiro atoms. The van der Waals surface area contributed by atoms with Crippen LogP contribution in [0.15, 0.2) is 0 Å². The smallest absolute Gasteiger partial charge is 0.334 e. The van der Waals surface area contributed by atoms with Crippen LogP contribution in [0.4, 0.5) is 4.79 Å². The Morgan fingerprint density at radius 1 is 1.11 bits per heavy atom. The van der Waals surface area contributed by atoms with Gasteiger partial charge >= 0.3 is 12.0 Å². The molecule has 3 atom stereocenters. The van der Waals surface area contributed by atoms with E-state index in [2.05, 4.69) is 13.8 Å². The number of nitrogens with zero attached hydrogens (tertiary/aromatic N) is 2. The van der Waals surface area contributed by atoms with E-state index < -0.39 is 12.1 Å². The number of carbonyl (C=O) groups excluding carboxylic acids is 1. The summed E-state index contributed by atoms with van der Waals surface area (Å²) >= 11 is 0. The lowest BCUT2D eigenvalue weighted by Crippen LogP contribution is -2.52. The number of carbonyl (C=O) groups is 2. The summed E-state index contributed by atoms with van der Waals surface area (Å²) in [4.78, 5) is 26.5. The van der Waals surface area contributed by atoms with E-state index in [4.69, 9.17) is 9.84 Å². The van der Waals surface area contributed by atoms with Crippen molar-refractivity contribution in [3.63, 3.8) is 0 Å². The molecule has 0 aromatic heterocycles. The fraction of sp³-hybridized carbons (Fsp3) is 0.833. The number of urea groups is 1. The van der Waals surface area contributed by atoms with E-state index in [9.17, 15) is 9.59 Å². The van der Waals surface area contributed by atoms with Crippen LogP contribution in [0.25, 0.3) is 0 Å². The summed E-state index contributed by atoms with van der Waals surface area (Å²) < 4.78 is 5.11. The molecule has 2 amide bonds. The van der Waals surface area contributed by atoms with E-state index in [1.807, 2.05) is 4.90 Å². The summed E-state index contributed by atoms with van der Waals surface area (Å²) in [6.07, 6.45) is -0.889. The van der Waals surface area contributed by atoms with Gasteiger partial charge in [0, 0.05) is 19.6 Å². The van der Waals surface area contributed by atoms with Crippen LogP contribution in [0.1, 0.15) is 13.8 Å². The van der Waals surface area contributed by atoms with Crippen LogP contribution in [0.5, 0.6) is 0 Å². The van der Waals surface area contributed by atoms with Gasteiger partial charge in [-0.25, -0.2) is 9.59 Å². The highest BCUT2D eigenvalue weighted by Gasteiger charge is 2.35. The average Bonchev–Trinajstić information content (AvgIpc) is 2.69. The quantitative estimate of drug-likeness (QED) is 0.741. The Morgan fingerprint density at radius 3 is 2.28 bits per heavy atom. The molecule has 2 fully saturated rings. The highest BCUT2D eigenvalue weighted by atomic mass is 16.5. The second-order valence-electron chi connectivity index (χ2n) is 5.29. The zero-order valence-electron chi connectivity index (χ0n) is 10.8. The number of ether oxygens (including phenoxy) is 1. The number of aliphatic carboxylic acids is 1. The average molecular weight is 256 g/mol. The second kappa shape index (κ2) is 5.14. The van der Waals surface area contributed by atoms with Crippen molar-refractivity contribution in [3.8, 4) is 0 Å². The highest BCUT2D eigenvalue weighted by Crippen LogP contribution is 2.23. The van der Waals surface area contributed by atoms with E-state index in [-0.39, 0.29) is 12.6 Å². The Hall–Kier alpha value is -1.30. The largest absolute Gasteiger partial charge is 0.479 e. The molecular formula is C12H20N2O4. The van der Waals surface area contributed by atoms with Crippen LogP contribution in [-0.4, -0.2) is 65.8 Å². The van der Waals surface area contributed by atoms with Gasteiger partial charge in [-0.15, -0.1) is 0 Å². The van der Waals surface area contributed by atoms with E-state index in [1.165, 1.54) is 0 Å². The van der Waals surface area contributed by atoms with E-state index in [0.29, 0.717) is 25.0 Å². The molecule has 102 valence electrons. The molecule has 2 aliphatic heterocycles.